The van der Waals surface area contributed by atoms with Gasteiger partial charge in [-0.2, -0.15) is 0 Å². The van der Waals surface area contributed by atoms with Crippen molar-refractivity contribution in [3.63, 3.8) is 0 Å². The van der Waals surface area contributed by atoms with Crippen LogP contribution in [0.1, 0.15) is 24.2 Å². The van der Waals surface area contributed by atoms with Crippen LogP contribution in [0.2, 0.25) is 0 Å². The second-order valence-corrected chi connectivity index (χ2v) is 5.85. The predicted octanol–water partition coefficient (Wildman–Crippen LogP) is 3.04. The average Bonchev–Trinajstić information content (AvgIpc) is 2.68. The molecular weight excluding hydrogens is 350 g/mol. The lowest BCUT2D eigenvalue weighted by Gasteiger charge is -2.19. The maximum absolute atomic E-state index is 12.4. The van der Waals surface area contributed by atoms with Gasteiger partial charge in [-0.1, -0.05) is 0 Å². The molecule has 0 fully saturated rings. The molecule has 1 atom stereocenters. The summed E-state index contributed by atoms with van der Waals surface area (Å²) in [4.78, 5) is 24.0. The fourth-order valence-corrected chi connectivity index (χ4v) is 2.51. The van der Waals surface area contributed by atoms with Crippen molar-refractivity contribution in [2.45, 2.75) is 20.0 Å². The number of hydrogen-bond donors (Lipinski definition) is 1. The highest BCUT2D eigenvalue weighted by atomic mass is 16.6. The molecular formula is C20H21NO6. The first-order chi connectivity index (χ1) is 13.1. The van der Waals surface area contributed by atoms with E-state index in [1.54, 1.807) is 56.3 Å². The Hall–Kier alpha value is -3.22. The lowest BCUT2D eigenvalue weighted by atomic mass is 10.2. The number of rotatable bonds is 6. The summed E-state index contributed by atoms with van der Waals surface area (Å²) < 4.78 is 21.5. The summed E-state index contributed by atoms with van der Waals surface area (Å²) >= 11 is 0. The minimum atomic E-state index is -0.730. The van der Waals surface area contributed by atoms with Crippen LogP contribution in [-0.4, -0.2) is 37.8 Å². The molecule has 1 N–H and O–H groups in total. The van der Waals surface area contributed by atoms with Gasteiger partial charge < -0.3 is 24.3 Å². The average molecular weight is 371 g/mol. The van der Waals surface area contributed by atoms with Gasteiger partial charge in [-0.15, -0.1) is 0 Å². The molecule has 1 aliphatic rings. The van der Waals surface area contributed by atoms with Crippen molar-refractivity contribution >= 4 is 17.6 Å². The highest BCUT2D eigenvalue weighted by Crippen LogP contribution is 2.32. The number of esters is 1. The monoisotopic (exact) mass is 371 g/mol. The summed E-state index contributed by atoms with van der Waals surface area (Å²) in [6.45, 7) is 4.70. The van der Waals surface area contributed by atoms with E-state index in [4.69, 9.17) is 18.9 Å². The van der Waals surface area contributed by atoms with Gasteiger partial charge >= 0.3 is 5.97 Å². The largest absolute Gasteiger partial charge is 0.486 e. The van der Waals surface area contributed by atoms with E-state index in [0.29, 0.717) is 48.3 Å². The van der Waals surface area contributed by atoms with E-state index >= 15 is 0 Å². The van der Waals surface area contributed by atoms with Gasteiger partial charge in [-0.05, 0) is 50.2 Å². The second kappa shape index (κ2) is 8.44. The van der Waals surface area contributed by atoms with Gasteiger partial charge in [0.25, 0.3) is 5.91 Å². The molecule has 3 rings (SSSR count). The van der Waals surface area contributed by atoms with E-state index < -0.39 is 12.1 Å². The van der Waals surface area contributed by atoms with Crippen LogP contribution in [0.3, 0.4) is 0 Å². The van der Waals surface area contributed by atoms with Crippen molar-refractivity contribution in [2.24, 2.45) is 0 Å². The molecule has 0 saturated carbocycles. The number of ether oxygens (including phenoxy) is 4. The minimum absolute atomic E-state index is 0.304. The zero-order chi connectivity index (χ0) is 19.2. The van der Waals surface area contributed by atoms with Crippen LogP contribution in [0.25, 0.3) is 0 Å². The summed E-state index contributed by atoms with van der Waals surface area (Å²) in [6.07, 6.45) is -0.730. The van der Waals surface area contributed by atoms with Gasteiger partial charge in [0.1, 0.15) is 19.0 Å². The number of carbonyl (C=O) groups is 2. The van der Waals surface area contributed by atoms with Crippen molar-refractivity contribution in [1.29, 1.82) is 0 Å². The smallest absolute Gasteiger partial charge is 0.338 e. The van der Waals surface area contributed by atoms with Crippen LogP contribution in [-0.2, 0) is 9.53 Å². The number of amides is 1. The number of hydrogen-bond acceptors (Lipinski definition) is 6. The Labute approximate surface area is 157 Å². The zero-order valence-electron chi connectivity index (χ0n) is 15.2. The molecule has 2 aromatic rings. The summed E-state index contributed by atoms with van der Waals surface area (Å²) in [5.41, 5.74) is 1.02. The number of anilines is 1. The predicted molar refractivity (Wildman–Crippen MR) is 98.6 cm³/mol. The number of benzene rings is 2. The van der Waals surface area contributed by atoms with Crippen LogP contribution < -0.4 is 19.5 Å². The molecule has 0 aliphatic carbocycles. The molecule has 27 heavy (non-hydrogen) atoms. The summed E-state index contributed by atoms with van der Waals surface area (Å²) in [6, 6.07) is 11.7. The topological polar surface area (TPSA) is 83.1 Å². The standard InChI is InChI=1S/C20H21NO6/c1-3-24-20(23)14-4-7-16(8-5-14)27-13(2)19(22)21-15-6-9-17-18(12-15)26-11-10-25-17/h4-9,12-13H,3,10-11H2,1-2H3,(H,21,22)/t13-/m0/s1. The van der Waals surface area contributed by atoms with E-state index in [2.05, 4.69) is 5.32 Å². The van der Waals surface area contributed by atoms with Crippen molar-refractivity contribution < 1.29 is 28.5 Å². The van der Waals surface area contributed by atoms with Crippen LogP contribution in [0.4, 0.5) is 5.69 Å². The van der Waals surface area contributed by atoms with Crippen molar-refractivity contribution in [1.82, 2.24) is 0 Å². The molecule has 7 heteroatoms. The summed E-state index contributed by atoms with van der Waals surface area (Å²) in [5, 5.41) is 2.78. The number of nitrogens with one attached hydrogen (secondary N) is 1. The molecule has 1 aliphatic heterocycles. The highest BCUT2D eigenvalue weighted by Gasteiger charge is 2.17. The van der Waals surface area contributed by atoms with E-state index in [0.717, 1.165) is 0 Å². The van der Waals surface area contributed by atoms with Gasteiger partial charge in [0.15, 0.2) is 17.6 Å². The second-order valence-electron chi connectivity index (χ2n) is 5.85. The van der Waals surface area contributed by atoms with Gasteiger partial charge in [-0.25, -0.2) is 4.79 Å². The molecule has 0 unspecified atom stereocenters. The first-order valence-electron chi connectivity index (χ1n) is 8.71. The Kier molecular flexibility index (Phi) is 5.80. The van der Waals surface area contributed by atoms with E-state index in [1.807, 2.05) is 0 Å². The van der Waals surface area contributed by atoms with Gasteiger partial charge in [-0.3, -0.25) is 4.79 Å². The Morgan fingerprint density at radius 3 is 2.48 bits per heavy atom. The molecule has 2 aromatic carbocycles. The molecule has 1 amide bonds. The lowest BCUT2D eigenvalue weighted by Crippen LogP contribution is -2.30. The van der Waals surface area contributed by atoms with E-state index in [1.165, 1.54) is 0 Å². The van der Waals surface area contributed by atoms with Gasteiger partial charge in [0, 0.05) is 11.8 Å². The first-order valence-corrected chi connectivity index (χ1v) is 8.71. The third-order valence-electron chi connectivity index (χ3n) is 3.86. The van der Waals surface area contributed by atoms with Gasteiger partial charge in [0.2, 0.25) is 0 Å². The van der Waals surface area contributed by atoms with Crippen LogP contribution in [0.15, 0.2) is 42.5 Å². The summed E-state index contributed by atoms with van der Waals surface area (Å²) in [7, 11) is 0. The lowest BCUT2D eigenvalue weighted by molar-refractivity contribution is -0.122. The maximum Gasteiger partial charge on any atom is 0.338 e. The Morgan fingerprint density at radius 2 is 1.78 bits per heavy atom. The maximum atomic E-state index is 12.4. The molecule has 0 bridgehead atoms. The first kappa shape index (κ1) is 18.6. The molecule has 0 spiro atoms. The normalized spacial score (nSPS) is 13.4. The molecule has 0 aromatic heterocycles. The molecule has 1 heterocycles. The Morgan fingerprint density at radius 1 is 1.07 bits per heavy atom. The number of fused-ring (bicyclic) bond motifs is 1. The van der Waals surface area contributed by atoms with Crippen LogP contribution >= 0.6 is 0 Å². The third kappa shape index (κ3) is 4.69. The summed E-state index contributed by atoms with van der Waals surface area (Å²) in [5.74, 6) is 1.04. The van der Waals surface area contributed by atoms with Crippen LogP contribution in [0.5, 0.6) is 17.2 Å². The van der Waals surface area contributed by atoms with Crippen molar-refractivity contribution in [3.8, 4) is 17.2 Å². The Balaban J connectivity index is 1.58. The Bertz CT molecular complexity index is 818. The molecule has 142 valence electrons. The van der Waals surface area contributed by atoms with Crippen molar-refractivity contribution in [2.75, 3.05) is 25.1 Å². The van der Waals surface area contributed by atoms with Crippen molar-refractivity contribution in [3.05, 3.63) is 48.0 Å². The molecule has 0 radical (unpaired) electrons. The fourth-order valence-electron chi connectivity index (χ4n) is 2.51. The fraction of sp³-hybridized carbons (Fsp3) is 0.300. The third-order valence-corrected chi connectivity index (χ3v) is 3.86. The quantitative estimate of drug-likeness (QED) is 0.786. The SMILES string of the molecule is CCOC(=O)c1ccc(O[C@@H](C)C(=O)Nc2ccc3c(c2)OCCO3)cc1. The number of carbonyl (C=O) groups excluding carboxylic acids is 2. The highest BCUT2D eigenvalue weighted by molar-refractivity contribution is 5.94. The van der Waals surface area contributed by atoms with Crippen LogP contribution in [0, 0.1) is 0 Å². The zero-order valence-corrected chi connectivity index (χ0v) is 15.2. The van der Waals surface area contributed by atoms with Gasteiger partial charge in [0.05, 0.1) is 12.2 Å². The van der Waals surface area contributed by atoms with E-state index in [-0.39, 0.29) is 5.91 Å². The molecule has 0 saturated heterocycles. The molecule has 7 nitrogen and oxygen atoms in total. The minimum Gasteiger partial charge on any atom is -0.486 e. The van der Waals surface area contributed by atoms with E-state index in [9.17, 15) is 9.59 Å².